The van der Waals surface area contributed by atoms with E-state index in [1.54, 1.807) is 6.07 Å². The smallest absolute Gasteiger partial charge is 0.220 e. The number of nitrogen functional groups attached to an aromatic ring is 1. The Morgan fingerprint density at radius 1 is 1.38 bits per heavy atom. The monoisotopic (exact) mass is 241 g/mol. The zero-order chi connectivity index (χ0) is 9.42. The van der Waals surface area contributed by atoms with Gasteiger partial charge in [0.25, 0.3) is 0 Å². The van der Waals surface area contributed by atoms with Gasteiger partial charge in [0.1, 0.15) is 5.82 Å². The maximum atomic E-state index is 13.0. The molecule has 3 nitrogen and oxygen atoms in total. The Kier molecular flexibility index (Phi) is 1.88. The number of rotatable bonds is 0. The molecule has 0 aliphatic heterocycles. The van der Waals surface area contributed by atoms with Crippen LogP contribution in [0.5, 0.6) is 0 Å². The van der Waals surface area contributed by atoms with Gasteiger partial charge in [-0.15, -0.1) is 0 Å². The Hall–Kier alpha value is -1.23. The molecular weight excluding hydrogens is 237 g/mol. The summed E-state index contributed by atoms with van der Waals surface area (Å²) in [4.78, 5) is 7.71. The van der Waals surface area contributed by atoms with E-state index in [9.17, 15) is 4.39 Å². The summed E-state index contributed by atoms with van der Waals surface area (Å²) < 4.78 is 13.4. The second kappa shape index (κ2) is 2.92. The Balaban J connectivity index is 2.81. The van der Waals surface area contributed by atoms with E-state index in [0.717, 1.165) is 0 Å². The molecule has 0 amide bonds. The van der Waals surface area contributed by atoms with Crippen molar-refractivity contribution >= 4 is 32.8 Å². The van der Waals surface area contributed by atoms with Gasteiger partial charge >= 0.3 is 0 Å². The summed E-state index contributed by atoms with van der Waals surface area (Å²) in [6.07, 6.45) is 1.49. The van der Waals surface area contributed by atoms with Crippen LogP contribution >= 0.6 is 15.9 Å². The molecule has 0 aliphatic rings. The van der Waals surface area contributed by atoms with Crippen LogP contribution in [0.3, 0.4) is 0 Å². The number of fused-ring (bicyclic) bond motifs is 1. The molecule has 0 saturated carbocycles. The second-order valence-corrected chi connectivity index (χ2v) is 3.41. The second-order valence-electron chi connectivity index (χ2n) is 2.55. The molecule has 2 N–H and O–H groups in total. The van der Waals surface area contributed by atoms with Gasteiger partial charge in [-0.3, -0.25) is 0 Å². The van der Waals surface area contributed by atoms with Crippen LogP contribution in [0.1, 0.15) is 0 Å². The summed E-state index contributed by atoms with van der Waals surface area (Å²) in [6, 6.07) is 2.93. The van der Waals surface area contributed by atoms with E-state index in [2.05, 4.69) is 25.9 Å². The Morgan fingerprint density at radius 2 is 2.15 bits per heavy atom. The van der Waals surface area contributed by atoms with E-state index < -0.39 is 0 Å². The van der Waals surface area contributed by atoms with Crippen LogP contribution in [0.15, 0.2) is 22.8 Å². The molecule has 0 unspecified atom stereocenters. The third kappa shape index (κ3) is 1.47. The van der Waals surface area contributed by atoms with Crippen LogP contribution in [0, 0.1) is 5.82 Å². The van der Waals surface area contributed by atoms with Crippen LogP contribution in [-0.2, 0) is 0 Å². The molecule has 0 spiro atoms. The summed E-state index contributed by atoms with van der Waals surface area (Å²) in [5.41, 5.74) is 6.01. The molecule has 0 fully saturated rings. The average molecular weight is 242 g/mol. The minimum absolute atomic E-state index is 0.186. The highest BCUT2D eigenvalue weighted by Crippen LogP contribution is 2.21. The summed E-state index contributed by atoms with van der Waals surface area (Å²) in [6.45, 7) is 0. The topological polar surface area (TPSA) is 51.8 Å². The van der Waals surface area contributed by atoms with Crippen molar-refractivity contribution in [2.75, 3.05) is 5.73 Å². The number of hydrogen-bond acceptors (Lipinski definition) is 3. The molecule has 1 aromatic heterocycles. The zero-order valence-corrected chi connectivity index (χ0v) is 8.05. The fourth-order valence-corrected chi connectivity index (χ4v) is 1.37. The first-order valence-electron chi connectivity index (χ1n) is 3.54. The van der Waals surface area contributed by atoms with Crippen molar-refractivity contribution < 1.29 is 4.39 Å². The van der Waals surface area contributed by atoms with Gasteiger partial charge in [0.2, 0.25) is 5.95 Å². The van der Waals surface area contributed by atoms with Crippen LogP contribution in [0.4, 0.5) is 10.3 Å². The van der Waals surface area contributed by atoms with Crippen molar-refractivity contribution in [2.45, 2.75) is 0 Å². The number of benzene rings is 1. The lowest BCUT2D eigenvalue weighted by Crippen LogP contribution is -1.94. The van der Waals surface area contributed by atoms with Crippen molar-refractivity contribution in [3.05, 3.63) is 28.6 Å². The van der Waals surface area contributed by atoms with Gasteiger partial charge in [-0.2, -0.15) is 0 Å². The minimum atomic E-state index is -0.333. The van der Waals surface area contributed by atoms with Gasteiger partial charge < -0.3 is 5.73 Å². The lowest BCUT2D eigenvalue weighted by molar-refractivity contribution is 0.623. The maximum absolute atomic E-state index is 13.0. The first-order valence-corrected chi connectivity index (χ1v) is 4.33. The Bertz CT molecular complexity index is 472. The minimum Gasteiger partial charge on any atom is -0.368 e. The predicted octanol–water partition coefficient (Wildman–Crippen LogP) is 2.11. The standard InChI is InChI=1S/C8H5BrFN3/c9-5-2-7-4(1-6(5)10)3-12-8(11)13-7/h1-3H,(H2,11,12,13). The lowest BCUT2D eigenvalue weighted by atomic mass is 10.2. The van der Waals surface area contributed by atoms with E-state index >= 15 is 0 Å². The Morgan fingerprint density at radius 3 is 2.92 bits per heavy atom. The summed E-state index contributed by atoms with van der Waals surface area (Å²) >= 11 is 3.06. The van der Waals surface area contributed by atoms with Gasteiger partial charge in [-0.25, -0.2) is 14.4 Å². The lowest BCUT2D eigenvalue weighted by Gasteiger charge is -1.99. The fraction of sp³-hybridized carbons (Fsp3) is 0. The number of nitrogens with two attached hydrogens (primary N) is 1. The molecule has 2 rings (SSSR count). The Labute approximate surface area is 81.9 Å². The van der Waals surface area contributed by atoms with E-state index in [-0.39, 0.29) is 11.8 Å². The highest BCUT2D eigenvalue weighted by molar-refractivity contribution is 9.10. The van der Waals surface area contributed by atoms with Gasteiger partial charge in [0, 0.05) is 11.6 Å². The normalized spacial score (nSPS) is 10.6. The average Bonchev–Trinajstić information content (AvgIpc) is 2.08. The van der Waals surface area contributed by atoms with Crippen LogP contribution in [0.25, 0.3) is 10.9 Å². The van der Waals surface area contributed by atoms with Crippen molar-refractivity contribution in [3.63, 3.8) is 0 Å². The van der Waals surface area contributed by atoms with E-state index in [4.69, 9.17) is 5.73 Å². The molecule has 13 heavy (non-hydrogen) atoms. The first kappa shape index (κ1) is 8.37. The number of anilines is 1. The zero-order valence-electron chi connectivity index (χ0n) is 6.46. The molecule has 1 aromatic carbocycles. The third-order valence-electron chi connectivity index (χ3n) is 1.64. The van der Waals surface area contributed by atoms with Gasteiger partial charge in [-0.1, -0.05) is 0 Å². The first-order chi connectivity index (χ1) is 6.16. The SMILES string of the molecule is Nc1ncc2cc(F)c(Br)cc2n1. The molecule has 0 bridgehead atoms. The number of hydrogen-bond donors (Lipinski definition) is 1. The van der Waals surface area contributed by atoms with Crippen molar-refractivity contribution in [1.29, 1.82) is 0 Å². The molecule has 66 valence electrons. The van der Waals surface area contributed by atoms with Crippen LogP contribution in [-0.4, -0.2) is 9.97 Å². The summed E-state index contributed by atoms with van der Waals surface area (Å²) in [5.74, 6) is -0.146. The number of halogens is 2. The number of nitrogens with zero attached hydrogens (tertiary/aromatic N) is 2. The molecule has 0 atom stereocenters. The quantitative estimate of drug-likeness (QED) is 0.769. The molecule has 2 aromatic rings. The van der Waals surface area contributed by atoms with Gasteiger partial charge in [-0.05, 0) is 28.1 Å². The van der Waals surface area contributed by atoms with E-state index in [1.165, 1.54) is 12.3 Å². The highest BCUT2D eigenvalue weighted by Gasteiger charge is 2.03. The summed E-state index contributed by atoms with van der Waals surface area (Å²) in [5, 5.41) is 0.634. The molecule has 0 aliphatic carbocycles. The fourth-order valence-electron chi connectivity index (χ4n) is 1.04. The highest BCUT2D eigenvalue weighted by atomic mass is 79.9. The largest absolute Gasteiger partial charge is 0.368 e. The molecule has 0 radical (unpaired) electrons. The van der Waals surface area contributed by atoms with Gasteiger partial charge in [0.05, 0.1) is 9.99 Å². The summed E-state index contributed by atoms with van der Waals surface area (Å²) in [7, 11) is 0. The molecular formula is C8H5BrFN3. The third-order valence-corrected chi connectivity index (χ3v) is 2.25. The maximum Gasteiger partial charge on any atom is 0.220 e. The van der Waals surface area contributed by atoms with Crippen molar-refractivity contribution in [3.8, 4) is 0 Å². The molecule has 1 heterocycles. The molecule has 0 saturated heterocycles. The van der Waals surface area contributed by atoms with E-state index in [1.807, 2.05) is 0 Å². The van der Waals surface area contributed by atoms with Crippen LogP contribution in [0.2, 0.25) is 0 Å². The number of aromatic nitrogens is 2. The van der Waals surface area contributed by atoms with Gasteiger partial charge in [0.15, 0.2) is 0 Å². The molecule has 5 heteroatoms. The van der Waals surface area contributed by atoms with Crippen molar-refractivity contribution in [2.24, 2.45) is 0 Å². The van der Waals surface area contributed by atoms with E-state index in [0.29, 0.717) is 15.4 Å². The van der Waals surface area contributed by atoms with Crippen molar-refractivity contribution in [1.82, 2.24) is 9.97 Å². The predicted molar refractivity (Wildman–Crippen MR) is 51.6 cm³/mol. The van der Waals surface area contributed by atoms with Crippen LogP contribution < -0.4 is 5.73 Å².